The molecule has 0 saturated heterocycles. The minimum Gasteiger partial charge on any atom is -0.494 e. The molecule has 0 radical (unpaired) electrons. The Labute approximate surface area is 165 Å². The van der Waals surface area contributed by atoms with Gasteiger partial charge in [-0.3, -0.25) is 4.79 Å². The van der Waals surface area contributed by atoms with E-state index in [0.29, 0.717) is 11.6 Å². The van der Waals surface area contributed by atoms with E-state index >= 15 is 0 Å². The molecule has 0 saturated carbocycles. The molecule has 1 unspecified atom stereocenters. The maximum absolute atomic E-state index is 12.5. The second-order valence-electron chi connectivity index (χ2n) is 6.01. The highest BCUT2D eigenvalue weighted by atomic mass is 35.5. The molecule has 6 nitrogen and oxygen atoms in total. The van der Waals surface area contributed by atoms with Crippen molar-refractivity contribution >= 4 is 27.5 Å². The monoisotopic (exact) mass is 410 g/mol. The van der Waals surface area contributed by atoms with Gasteiger partial charge in [-0.25, -0.2) is 8.42 Å². The zero-order chi connectivity index (χ0) is 20.0. The van der Waals surface area contributed by atoms with Gasteiger partial charge in [0.15, 0.2) is 0 Å². The lowest BCUT2D eigenvalue weighted by Crippen LogP contribution is -2.39. The van der Waals surface area contributed by atoms with Crippen molar-refractivity contribution in [3.63, 3.8) is 0 Å². The van der Waals surface area contributed by atoms with Crippen molar-refractivity contribution in [2.75, 3.05) is 20.2 Å². The summed E-state index contributed by atoms with van der Waals surface area (Å²) in [4.78, 5) is 12.4. The molecular formula is C19H23ClN2O4S. The van der Waals surface area contributed by atoms with Crippen molar-refractivity contribution in [1.29, 1.82) is 0 Å². The van der Waals surface area contributed by atoms with E-state index in [1.807, 2.05) is 38.1 Å². The Kier molecular flexibility index (Phi) is 7.24. The highest BCUT2D eigenvalue weighted by molar-refractivity contribution is 7.89. The molecule has 0 aliphatic rings. The summed E-state index contributed by atoms with van der Waals surface area (Å²) in [5.41, 5.74) is 0.898. The molecule has 1 N–H and O–H groups in total. The van der Waals surface area contributed by atoms with Crippen LogP contribution in [0.5, 0.6) is 5.75 Å². The molecule has 146 valence electrons. The fraction of sp³-hybridized carbons (Fsp3) is 0.316. The van der Waals surface area contributed by atoms with Gasteiger partial charge in [-0.1, -0.05) is 23.7 Å². The first-order chi connectivity index (χ1) is 12.7. The van der Waals surface area contributed by atoms with Gasteiger partial charge in [0.25, 0.3) is 0 Å². The van der Waals surface area contributed by atoms with Crippen molar-refractivity contribution < 1.29 is 17.9 Å². The normalized spacial score (nSPS) is 12.6. The van der Waals surface area contributed by atoms with Crippen LogP contribution in [0.3, 0.4) is 0 Å². The first kappa shape index (κ1) is 21.2. The van der Waals surface area contributed by atoms with Crippen molar-refractivity contribution in [3.05, 3.63) is 59.1 Å². The number of nitrogens with one attached hydrogen (secondary N) is 1. The predicted octanol–water partition coefficient (Wildman–Crippen LogP) is 3.24. The number of carbonyl (C=O) groups excluding carboxylic acids is 1. The maximum atomic E-state index is 12.5. The van der Waals surface area contributed by atoms with Crippen LogP contribution in [0.15, 0.2) is 53.4 Å². The van der Waals surface area contributed by atoms with Crippen molar-refractivity contribution in [1.82, 2.24) is 9.62 Å². The lowest BCUT2D eigenvalue weighted by atomic mass is 10.1. The van der Waals surface area contributed by atoms with Crippen molar-refractivity contribution in [3.8, 4) is 5.75 Å². The smallest absolute Gasteiger partial charge is 0.243 e. The van der Waals surface area contributed by atoms with Gasteiger partial charge in [0, 0.05) is 12.1 Å². The molecule has 0 aliphatic carbocycles. The summed E-state index contributed by atoms with van der Waals surface area (Å²) in [6.07, 6.45) is 0. The number of nitrogens with zero attached hydrogens (tertiary/aromatic N) is 1. The number of benzene rings is 2. The van der Waals surface area contributed by atoms with Gasteiger partial charge < -0.3 is 10.1 Å². The van der Waals surface area contributed by atoms with Gasteiger partial charge in [-0.15, -0.1) is 0 Å². The Morgan fingerprint density at radius 2 is 1.74 bits per heavy atom. The summed E-state index contributed by atoms with van der Waals surface area (Å²) < 4.78 is 31.4. The number of hydrogen-bond acceptors (Lipinski definition) is 4. The van der Waals surface area contributed by atoms with Crippen LogP contribution in [0.25, 0.3) is 0 Å². The molecule has 0 aromatic heterocycles. The van der Waals surface area contributed by atoms with Crippen molar-refractivity contribution in [2.45, 2.75) is 24.8 Å². The summed E-state index contributed by atoms with van der Waals surface area (Å²) in [7, 11) is -2.40. The Hall–Kier alpha value is -2.09. The molecule has 8 heteroatoms. The number of halogens is 1. The second-order valence-corrected chi connectivity index (χ2v) is 8.49. The van der Waals surface area contributed by atoms with Crippen LogP contribution in [0, 0.1) is 0 Å². The van der Waals surface area contributed by atoms with E-state index in [-0.39, 0.29) is 17.5 Å². The van der Waals surface area contributed by atoms with Gasteiger partial charge in [0.05, 0.1) is 24.1 Å². The highest BCUT2D eigenvalue weighted by Crippen LogP contribution is 2.19. The minimum atomic E-state index is -3.77. The van der Waals surface area contributed by atoms with Crippen LogP contribution in [0.2, 0.25) is 5.02 Å². The van der Waals surface area contributed by atoms with Crippen molar-refractivity contribution in [2.24, 2.45) is 0 Å². The number of hydrogen-bond donors (Lipinski definition) is 1. The predicted molar refractivity (Wildman–Crippen MR) is 105 cm³/mol. The van der Waals surface area contributed by atoms with E-state index in [0.717, 1.165) is 15.6 Å². The number of sulfonamides is 1. The van der Waals surface area contributed by atoms with E-state index in [1.165, 1.54) is 31.3 Å². The summed E-state index contributed by atoms with van der Waals surface area (Å²) in [6, 6.07) is 12.9. The molecule has 2 aromatic carbocycles. The van der Waals surface area contributed by atoms with E-state index in [9.17, 15) is 13.2 Å². The van der Waals surface area contributed by atoms with E-state index < -0.39 is 15.9 Å². The quantitative estimate of drug-likeness (QED) is 0.724. The van der Waals surface area contributed by atoms with E-state index in [4.69, 9.17) is 16.3 Å². The van der Waals surface area contributed by atoms with Crippen LogP contribution in [0.4, 0.5) is 0 Å². The SMILES string of the molecule is CCOc1ccc(C(C)NC(=O)CN(C)S(=O)(=O)c2ccc(Cl)cc2)cc1. The zero-order valence-electron chi connectivity index (χ0n) is 15.5. The van der Waals surface area contributed by atoms with Gasteiger partial charge in [-0.05, 0) is 55.8 Å². The standard InChI is InChI=1S/C19H23ClN2O4S/c1-4-26-17-9-5-15(6-10-17)14(2)21-19(23)13-22(3)27(24,25)18-11-7-16(20)8-12-18/h5-12,14H,4,13H2,1-3H3,(H,21,23). The van der Waals surface area contributed by atoms with Crippen LogP contribution < -0.4 is 10.1 Å². The summed E-state index contributed by atoms with van der Waals surface area (Å²) >= 11 is 5.79. The van der Waals surface area contributed by atoms with Crippen LogP contribution >= 0.6 is 11.6 Å². The van der Waals surface area contributed by atoms with Crippen LogP contribution in [-0.4, -0.2) is 38.8 Å². The highest BCUT2D eigenvalue weighted by Gasteiger charge is 2.23. The largest absolute Gasteiger partial charge is 0.494 e. The Bertz CT molecular complexity index is 868. The number of likely N-dealkylation sites (N-methyl/N-ethyl adjacent to an activating group) is 1. The van der Waals surface area contributed by atoms with Gasteiger partial charge >= 0.3 is 0 Å². The Morgan fingerprint density at radius 1 is 1.15 bits per heavy atom. The fourth-order valence-corrected chi connectivity index (χ4v) is 3.72. The Balaban J connectivity index is 1.98. The van der Waals surface area contributed by atoms with E-state index in [2.05, 4.69) is 5.32 Å². The molecule has 0 heterocycles. The number of ether oxygens (including phenoxy) is 1. The minimum absolute atomic E-state index is 0.0850. The summed E-state index contributed by atoms with van der Waals surface area (Å²) in [6.45, 7) is 4.04. The molecule has 0 aliphatic heterocycles. The molecular weight excluding hydrogens is 388 g/mol. The number of carbonyl (C=O) groups is 1. The summed E-state index contributed by atoms with van der Waals surface area (Å²) in [5.74, 6) is 0.366. The maximum Gasteiger partial charge on any atom is 0.243 e. The third kappa shape index (κ3) is 5.69. The van der Waals surface area contributed by atoms with Crippen LogP contribution in [0.1, 0.15) is 25.5 Å². The number of amides is 1. The number of rotatable bonds is 8. The average Bonchev–Trinajstić information content (AvgIpc) is 2.62. The molecule has 0 bridgehead atoms. The van der Waals surface area contributed by atoms with Crippen LogP contribution in [-0.2, 0) is 14.8 Å². The third-order valence-corrected chi connectivity index (χ3v) is 6.03. The van der Waals surface area contributed by atoms with Gasteiger partial charge in [0.1, 0.15) is 5.75 Å². The first-order valence-corrected chi connectivity index (χ1v) is 10.3. The third-order valence-electron chi connectivity index (χ3n) is 3.96. The lowest BCUT2D eigenvalue weighted by Gasteiger charge is -2.19. The van der Waals surface area contributed by atoms with E-state index in [1.54, 1.807) is 0 Å². The molecule has 27 heavy (non-hydrogen) atoms. The fourth-order valence-electron chi connectivity index (χ4n) is 2.46. The summed E-state index contributed by atoms with van der Waals surface area (Å²) in [5, 5.41) is 3.25. The molecule has 2 rings (SSSR count). The topological polar surface area (TPSA) is 75.7 Å². The second kappa shape index (κ2) is 9.21. The van der Waals surface area contributed by atoms with Gasteiger partial charge in [-0.2, -0.15) is 4.31 Å². The molecule has 0 spiro atoms. The van der Waals surface area contributed by atoms with Gasteiger partial charge in [0.2, 0.25) is 15.9 Å². The molecule has 1 atom stereocenters. The lowest BCUT2D eigenvalue weighted by molar-refractivity contribution is -0.121. The zero-order valence-corrected chi connectivity index (χ0v) is 17.0. The molecule has 1 amide bonds. The molecule has 0 fully saturated rings. The molecule has 2 aromatic rings. The first-order valence-electron chi connectivity index (χ1n) is 8.48. The Morgan fingerprint density at radius 3 is 2.30 bits per heavy atom. The average molecular weight is 411 g/mol.